The van der Waals surface area contributed by atoms with E-state index < -0.39 is 17.9 Å². The third-order valence-electron chi connectivity index (χ3n) is 5.49. The molecular formula is C36H33ClO11. The van der Waals surface area contributed by atoms with E-state index >= 15 is 0 Å². The van der Waals surface area contributed by atoms with E-state index in [0.29, 0.717) is 16.1 Å². The predicted octanol–water partition coefficient (Wildman–Crippen LogP) is 6.90. The number of aromatic hydroxyl groups is 2. The van der Waals surface area contributed by atoms with Gasteiger partial charge in [-0.1, -0.05) is 78.3 Å². The van der Waals surface area contributed by atoms with Crippen molar-refractivity contribution in [2.75, 3.05) is 14.2 Å². The number of phenolic OH excluding ortho intramolecular Hbond substituents is 2. The van der Waals surface area contributed by atoms with Gasteiger partial charge in [0.2, 0.25) is 0 Å². The van der Waals surface area contributed by atoms with E-state index in [2.05, 4.69) is 4.74 Å². The van der Waals surface area contributed by atoms with Crippen LogP contribution < -0.4 is 4.74 Å². The summed E-state index contributed by atoms with van der Waals surface area (Å²) in [6, 6.07) is 27.0. The molecule has 0 saturated heterocycles. The maximum atomic E-state index is 10.7. The van der Waals surface area contributed by atoms with Crippen LogP contribution in [-0.2, 0) is 19.1 Å². The first kappa shape index (κ1) is 39.7. The highest BCUT2D eigenvalue weighted by Crippen LogP contribution is 2.26. The SMILES string of the molecule is COC(=O)C=Cc1ccccc1.COc1cc(C(=O)O)ccc1O.O=C(O)C=Cc1ccccc1Cl.O=C(O)C=Cc1ccccc1O. The van der Waals surface area contributed by atoms with Crippen LogP contribution in [0.4, 0.5) is 0 Å². The van der Waals surface area contributed by atoms with Crippen molar-refractivity contribution >= 4 is 53.7 Å². The van der Waals surface area contributed by atoms with Crippen LogP contribution in [0.5, 0.6) is 17.2 Å². The number of esters is 1. The molecule has 0 aromatic heterocycles. The number of hydrogen-bond acceptors (Lipinski definition) is 8. The number of rotatable bonds is 8. The molecule has 48 heavy (non-hydrogen) atoms. The zero-order chi connectivity index (χ0) is 35.9. The van der Waals surface area contributed by atoms with Crippen LogP contribution in [0.25, 0.3) is 18.2 Å². The van der Waals surface area contributed by atoms with Gasteiger partial charge in [-0.3, -0.25) is 0 Å². The average Bonchev–Trinajstić information content (AvgIpc) is 3.08. The molecule has 4 aromatic rings. The minimum absolute atomic E-state index is 0.0671. The number of ether oxygens (including phenoxy) is 2. The van der Waals surface area contributed by atoms with Gasteiger partial charge in [0, 0.05) is 28.8 Å². The summed E-state index contributed by atoms with van der Waals surface area (Å²) in [6.45, 7) is 0. The molecule has 0 atom stereocenters. The summed E-state index contributed by atoms with van der Waals surface area (Å²) in [4.78, 5) is 41.4. The predicted molar refractivity (Wildman–Crippen MR) is 182 cm³/mol. The summed E-state index contributed by atoms with van der Waals surface area (Å²) in [7, 11) is 2.72. The third-order valence-corrected chi connectivity index (χ3v) is 5.84. The number of aliphatic carboxylic acids is 2. The van der Waals surface area contributed by atoms with Gasteiger partial charge >= 0.3 is 23.9 Å². The van der Waals surface area contributed by atoms with Gasteiger partial charge in [0.25, 0.3) is 0 Å². The first-order valence-corrected chi connectivity index (χ1v) is 14.0. The molecule has 0 spiro atoms. The minimum atomic E-state index is -1.05. The van der Waals surface area contributed by atoms with Crippen LogP contribution in [-0.4, -0.2) is 63.6 Å². The van der Waals surface area contributed by atoms with Crippen LogP contribution in [0.2, 0.25) is 5.02 Å². The molecule has 0 saturated carbocycles. The van der Waals surface area contributed by atoms with Crippen LogP contribution in [0, 0.1) is 0 Å². The molecule has 4 aromatic carbocycles. The Morgan fingerprint density at radius 1 is 0.625 bits per heavy atom. The number of phenols is 2. The first-order valence-electron chi connectivity index (χ1n) is 13.6. The quantitative estimate of drug-likeness (QED) is 0.0964. The Morgan fingerprint density at radius 3 is 1.69 bits per heavy atom. The van der Waals surface area contributed by atoms with Crippen molar-refractivity contribution in [3.05, 3.63) is 143 Å². The zero-order valence-corrected chi connectivity index (χ0v) is 26.5. The van der Waals surface area contributed by atoms with E-state index in [1.165, 1.54) is 56.7 Å². The summed E-state index contributed by atoms with van der Waals surface area (Å²) < 4.78 is 9.17. The number of benzene rings is 4. The van der Waals surface area contributed by atoms with Gasteiger partial charge < -0.3 is 35.0 Å². The second-order valence-electron chi connectivity index (χ2n) is 8.88. The number of halogens is 1. The number of aromatic carboxylic acids is 1. The molecule has 0 amide bonds. The smallest absolute Gasteiger partial charge is 0.335 e. The van der Waals surface area contributed by atoms with Crippen molar-refractivity contribution in [3.63, 3.8) is 0 Å². The largest absolute Gasteiger partial charge is 0.507 e. The lowest BCUT2D eigenvalue weighted by Crippen LogP contribution is -1.96. The van der Waals surface area contributed by atoms with Gasteiger partial charge in [0.1, 0.15) is 5.75 Å². The Morgan fingerprint density at radius 2 is 1.17 bits per heavy atom. The van der Waals surface area contributed by atoms with E-state index in [9.17, 15) is 24.3 Å². The van der Waals surface area contributed by atoms with Crippen molar-refractivity contribution in [1.82, 2.24) is 0 Å². The second-order valence-corrected chi connectivity index (χ2v) is 9.29. The molecule has 11 nitrogen and oxygen atoms in total. The topological polar surface area (TPSA) is 188 Å². The van der Waals surface area contributed by atoms with E-state index in [0.717, 1.165) is 17.7 Å². The molecule has 0 aliphatic rings. The van der Waals surface area contributed by atoms with Gasteiger partial charge in [0.15, 0.2) is 11.5 Å². The van der Waals surface area contributed by atoms with Crippen molar-refractivity contribution in [2.24, 2.45) is 0 Å². The molecule has 0 aliphatic heterocycles. The lowest BCUT2D eigenvalue weighted by molar-refractivity contribution is -0.135. The van der Waals surface area contributed by atoms with Gasteiger partial charge in [0.05, 0.1) is 19.8 Å². The minimum Gasteiger partial charge on any atom is -0.507 e. The standard InChI is InChI=1S/C10H10O2.C9H7ClO2.C9H8O3.C8H8O4/c1-12-10(11)8-7-9-5-3-2-4-6-9;2*10-8-4-2-1-3-7(8)5-6-9(11)12;1-12-7-4-5(8(10)11)2-3-6(7)9/h2-8H,1H3;1-6H,(H,11,12);1-6,10H,(H,11,12);2-4,9H,1H3,(H,10,11). The molecular weight excluding hydrogens is 644 g/mol. The Kier molecular flexibility index (Phi) is 18.4. The number of carboxylic acids is 3. The molecule has 0 fully saturated rings. The highest BCUT2D eigenvalue weighted by atomic mass is 35.5. The lowest BCUT2D eigenvalue weighted by Gasteiger charge is -2.02. The van der Waals surface area contributed by atoms with Crippen molar-refractivity contribution < 1.29 is 54.2 Å². The highest BCUT2D eigenvalue weighted by Gasteiger charge is 2.07. The third kappa shape index (κ3) is 16.7. The van der Waals surface area contributed by atoms with E-state index in [-0.39, 0.29) is 28.8 Å². The summed E-state index contributed by atoms with van der Waals surface area (Å²) in [5.74, 6) is -3.22. The van der Waals surface area contributed by atoms with Gasteiger partial charge in [-0.05, 0) is 59.7 Å². The molecule has 0 unspecified atom stereocenters. The molecule has 0 heterocycles. The molecule has 0 bridgehead atoms. The van der Waals surface area contributed by atoms with Crippen molar-refractivity contribution in [2.45, 2.75) is 0 Å². The Hall–Kier alpha value is -6.33. The number of hydrogen-bond donors (Lipinski definition) is 5. The Balaban J connectivity index is 0.000000320. The molecule has 12 heteroatoms. The number of carbonyl (C=O) groups excluding carboxylic acids is 1. The summed E-state index contributed by atoms with van der Waals surface area (Å²) in [6.07, 6.45) is 7.96. The Labute approximate surface area is 281 Å². The second kappa shape index (κ2) is 22.2. The fourth-order valence-electron chi connectivity index (χ4n) is 3.17. The number of methoxy groups -OCH3 is 2. The number of para-hydroxylation sites is 1. The van der Waals surface area contributed by atoms with E-state index in [4.69, 9.17) is 36.8 Å². The van der Waals surface area contributed by atoms with Crippen molar-refractivity contribution in [1.29, 1.82) is 0 Å². The first-order chi connectivity index (χ1) is 22.9. The van der Waals surface area contributed by atoms with Gasteiger partial charge in [-0.15, -0.1) is 0 Å². The zero-order valence-electron chi connectivity index (χ0n) is 25.8. The average molecular weight is 677 g/mol. The summed E-state index contributed by atoms with van der Waals surface area (Å²) >= 11 is 5.76. The summed E-state index contributed by atoms with van der Waals surface area (Å²) in [5.41, 5.74) is 2.29. The molecule has 250 valence electrons. The Bertz CT molecular complexity index is 1660. The maximum Gasteiger partial charge on any atom is 0.335 e. The molecule has 0 radical (unpaired) electrons. The monoisotopic (exact) mass is 676 g/mol. The lowest BCUT2D eigenvalue weighted by atomic mass is 10.2. The maximum absolute atomic E-state index is 10.7. The highest BCUT2D eigenvalue weighted by molar-refractivity contribution is 6.32. The van der Waals surface area contributed by atoms with Gasteiger partial charge in [-0.25, -0.2) is 19.2 Å². The van der Waals surface area contributed by atoms with Crippen LogP contribution in [0.15, 0.2) is 115 Å². The van der Waals surface area contributed by atoms with Crippen LogP contribution in [0.1, 0.15) is 27.0 Å². The summed E-state index contributed by atoms with van der Waals surface area (Å²) in [5, 5.41) is 44.0. The van der Waals surface area contributed by atoms with Crippen LogP contribution in [0.3, 0.4) is 0 Å². The van der Waals surface area contributed by atoms with E-state index in [1.54, 1.807) is 48.5 Å². The molecule has 5 N–H and O–H groups in total. The fourth-order valence-corrected chi connectivity index (χ4v) is 3.37. The molecule has 4 rings (SSSR count). The fraction of sp³-hybridized carbons (Fsp3) is 0.0556. The van der Waals surface area contributed by atoms with E-state index in [1.807, 2.05) is 30.3 Å². The van der Waals surface area contributed by atoms with Crippen LogP contribution >= 0.6 is 11.6 Å². The number of carbonyl (C=O) groups is 4. The molecule has 0 aliphatic carbocycles. The normalized spacial score (nSPS) is 10.1. The van der Waals surface area contributed by atoms with Gasteiger partial charge in [-0.2, -0.15) is 0 Å². The number of carboxylic acid groups (broad SMARTS) is 3. The van der Waals surface area contributed by atoms with Crippen molar-refractivity contribution in [3.8, 4) is 17.2 Å².